The zero-order valence-electron chi connectivity index (χ0n) is 9.41. The van der Waals surface area contributed by atoms with Gasteiger partial charge in [-0.25, -0.2) is 0 Å². The number of hydrogen-bond donors (Lipinski definition) is 2. The SMILES string of the molecule is C=C(C)CN(C)C(=O)C(CS)NC(C)=O. The molecule has 0 aliphatic rings. The number of thiol groups is 1. The molecule has 0 saturated carbocycles. The van der Waals surface area contributed by atoms with E-state index in [2.05, 4.69) is 24.5 Å². The van der Waals surface area contributed by atoms with E-state index in [4.69, 9.17) is 0 Å². The standard InChI is InChI=1S/C10H18N2O2S/c1-7(2)5-12(4)10(14)9(6-15)11-8(3)13/h9,15H,1,5-6H2,2-4H3,(H,11,13). The molecule has 0 aromatic carbocycles. The van der Waals surface area contributed by atoms with Crippen molar-refractivity contribution in [3.8, 4) is 0 Å². The van der Waals surface area contributed by atoms with Gasteiger partial charge in [0.25, 0.3) is 0 Å². The second-order valence-electron chi connectivity index (χ2n) is 3.59. The molecule has 1 N–H and O–H groups in total. The summed E-state index contributed by atoms with van der Waals surface area (Å²) in [5.74, 6) is -0.0896. The summed E-state index contributed by atoms with van der Waals surface area (Å²) in [5, 5.41) is 2.55. The number of nitrogens with one attached hydrogen (secondary N) is 1. The van der Waals surface area contributed by atoms with Gasteiger partial charge in [0, 0.05) is 26.3 Å². The molecule has 0 spiro atoms. The molecule has 0 aromatic heterocycles. The topological polar surface area (TPSA) is 49.4 Å². The molecule has 1 atom stereocenters. The average Bonchev–Trinajstić information content (AvgIpc) is 2.11. The van der Waals surface area contributed by atoms with Crippen LogP contribution in [0.3, 0.4) is 0 Å². The van der Waals surface area contributed by atoms with Crippen LogP contribution in [0.1, 0.15) is 13.8 Å². The molecule has 0 heterocycles. The first-order chi connectivity index (χ1) is 6.88. The zero-order chi connectivity index (χ0) is 12.0. The first-order valence-corrected chi connectivity index (χ1v) is 5.29. The molecule has 0 fully saturated rings. The lowest BCUT2D eigenvalue weighted by Crippen LogP contribution is -2.48. The van der Waals surface area contributed by atoms with Crippen LogP contribution in [0.25, 0.3) is 0 Å². The summed E-state index contributed by atoms with van der Waals surface area (Å²) >= 11 is 4.03. The molecule has 0 bridgehead atoms. The highest BCUT2D eigenvalue weighted by molar-refractivity contribution is 7.80. The smallest absolute Gasteiger partial charge is 0.246 e. The first kappa shape index (κ1) is 14.0. The van der Waals surface area contributed by atoms with E-state index in [-0.39, 0.29) is 11.8 Å². The maximum atomic E-state index is 11.8. The molecular weight excluding hydrogens is 212 g/mol. The molecule has 15 heavy (non-hydrogen) atoms. The van der Waals surface area contributed by atoms with E-state index in [1.165, 1.54) is 11.8 Å². The van der Waals surface area contributed by atoms with Crippen LogP contribution in [-0.4, -0.2) is 42.1 Å². The van der Waals surface area contributed by atoms with Gasteiger partial charge in [0.1, 0.15) is 6.04 Å². The highest BCUT2D eigenvalue weighted by atomic mass is 32.1. The minimum absolute atomic E-state index is 0.150. The van der Waals surface area contributed by atoms with Crippen molar-refractivity contribution in [3.05, 3.63) is 12.2 Å². The fourth-order valence-electron chi connectivity index (χ4n) is 1.18. The summed E-state index contributed by atoms with van der Waals surface area (Å²) in [7, 11) is 1.68. The quantitative estimate of drug-likeness (QED) is 0.532. The summed E-state index contributed by atoms with van der Waals surface area (Å²) in [6, 6.07) is -0.560. The Kier molecular flexibility index (Phi) is 6.08. The lowest BCUT2D eigenvalue weighted by atomic mass is 10.2. The summed E-state index contributed by atoms with van der Waals surface area (Å²) in [6.07, 6.45) is 0. The molecule has 0 aliphatic heterocycles. The van der Waals surface area contributed by atoms with Gasteiger partial charge >= 0.3 is 0 Å². The molecule has 0 aliphatic carbocycles. The molecule has 4 nitrogen and oxygen atoms in total. The Morgan fingerprint density at radius 1 is 1.47 bits per heavy atom. The summed E-state index contributed by atoms with van der Waals surface area (Å²) < 4.78 is 0. The largest absolute Gasteiger partial charge is 0.344 e. The van der Waals surface area contributed by atoms with E-state index in [9.17, 15) is 9.59 Å². The molecule has 2 amide bonds. The van der Waals surface area contributed by atoms with Crippen molar-refractivity contribution >= 4 is 24.4 Å². The first-order valence-electron chi connectivity index (χ1n) is 4.65. The van der Waals surface area contributed by atoms with Gasteiger partial charge in [0.05, 0.1) is 0 Å². The van der Waals surface area contributed by atoms with E-state index in [1.807, 2.05) is 6.92 Å². The third kappa shape index (κ3) is 5.47. The van der Waals surface area contributed by atoms with Gasteiger partial charge in [-0.1, -0.05) is 12.2 Å². The van der Waals surface area contributed by atoms with Crippen LogP contribution in [0.5, 0.6) is 0 Å². The highest BCUT2D eigenvalue weighted by Gasteiger charge is 2.21. The van der Waals surface area contributed by atoms with E-state index in [0.29, 0.717) is 12.3 Å². The third-order valence-electron chi connectivity index (χ3n) is 1.74. The lowest BCUT2D eigenvalue weighted by molar-refractivity contribution is -0.133. The molecule has 0 saturated heterocycles. The normalized spacial score (nSPS) is 11.7. The van der Waals surface area contributed by atoms with Gasteiger partial charge in [-0.2, -0.15) is 12.6 Å². The second-order valence-corrected chi connectivity index (χ2v) is 3.95. The molecule has 5 heteroatoms. The maximum absolute atomic E-state index is 11.8. The Bertz CT molecular complexity index is 266. The van der Waals surface area contributed by atoms with Crippen molar-refractivity contribution < 1.29 is 9.59 Å². The van der Waals surface area contributed by atoms with Gasteiger partial charge in [-0.05, 0) is 6.92 Å². The van der Waals surface area contributed by atoms with E-state index >= 15 is 0 Å². The van der Waals surface area contributed by atoms with E-state index in [1.54, 1.807) is 7.05 Å². The predicted molar refractivity (Wildman–Crippen MR) is 63.9 cm³/mol. The second kappa shape index (κ2) is 6.50. The van der Waals surface area contributed by atoms with Crippen molar-refractivity contribution in [2.24, 2.45) is 0 Å². The zero-order valence-corrected chi connectivity index (χ0v) is 10.3. The fourth-order valence-corrected chi connectivity index (χ4v) is 1.43. The summed E-state index contributed by atoms with van der Waals surface area (Å²) in [6.45, 7) is 7.43. The van der Waals surface area contributed by atoms with Gasteiger partial charge < -0.3 is 10.2 Å². The minimum Gasteiger partial charge on any atom is -0.344 e. The lowest BCUT2D eigenvalue weighted by Gasteiger charge is -2.23. The van der Waals surface area contributed by atoms with Crippen LogP contribution in [0, 0.1) is 0 Å². The summed E-state index contributed by atoms with van der Waals surface area (Å²) in [5.41, 5.74) is 0.895. The summed E-state index contributed by atoms with van der Waals surface area (Å²) in [4.78, 5) is 24.1. The Hall–Kier alpha value is -0.970. The third-order valence-corrected chi connectivity index (χ3v) is 2.11. The van der Waals surface area contributed by atoms with E-state index in [0.717, 1.165) is 5.57 Å². The average molecular weight is 230 g/mol. The van der Waals surface area contributed by atoms with Crippen LogP contribution < -0.4 is 5.32 Å². The number of nitrogens with zero attached hydrogens (tertiary/aromatic N) is 1. The molecule has 86 valence electrons. The molecule has 0 aromatic rings. The molecule has 1 unspecified atom stereocenters. The number of carbonyl (C=O) groups excluding carboxylic acids is 2. The van der Waals surface area contributed by atoms with Gasteiger partial charge in [0.2, 0.25) is 11.8 Å². The predicted octanol–water partition coefficient (Wildman–Crippen LogP) is 0.455. The Balaban J connectivity index is 4.36. The molecule has 0 rings (SSSR count). The van der Waals surface area contributed by atoms with Crippen molar-refractivity contribution in [1.29, 1.82) is 0 Å². The number of carbonyl (C=O) groups is 2. The minimum atomic E-state index is -0.560. The maximum Gasteiger partial charge on any atom is 0.246 e. The van der Waals surface area contributed by atoms with Crippen LogP contribution in [0.15, 0.2) is 12.2 Å². The van der Waals surface area contributed by atoms with Gasteiger partial charge in [-0.15, -0.1) is 0 Å². The van der Waals surface area contributed by atoms with Crippen LogP contribution in [-0.2, 0) is 9.59 Å². The number of rotatable bonds is 5. The monoisotopic (exact) mass is 230 g/mol. The number of hydrogen-bond acceptors (Lipinski definition) is 3. The molecular formula is C10H18N2O2S. The Labute approximate surface area is 96.1 Å². The number of likely N-dealkylation sites (N-methyl/N-ethyl adjacent to an activating group) is 1. The van der Waals surface area contributed by atoms with Crippen LogP contribution >= 0.6 is 12.6 Å². The van der Waals surface area contributed by atoms with Crippen LogP contribution in [0.2, 0.25) is 0 Å². The fraction of sp³-hybridized carbons (Fsp3) is 0.600. The van der Waals surface area contributed by atoms with Crippen molar-refractivity contribution in [3.63, 3.8) is 0 Å². The van der Waals surface area contributed by atoms with Crippen molar-refractivity contribution in [2.75, 3.05) is 19.3 Å². The molecule has 0 radical (unpaired) electrons. The number of amides is 2. The highest BCUT2D eigenvalue weighted by Crippen LogP contribution is 1.99. The van der Waals surface area contributed by atoms with Crippen LogP contribution in [0.4, 0.5) is 0 Å². The van der Waals surface area contributed by atoms with Gasteiger partial charge in [-0.3, -0.25) is 9.59 Å². The van der Waals surface area contributed by atoms with Crippen molar-refractivity contribution in [2.45, 2.75) is 19.9 Å². The Morgan fingerprint density at radius 2 is 2.00 bits per heavy atom. The van der Waals surface area contributed by atoms with Gasteiger partial charge in [0.15, 0.2) is 0 Å². The van der Waals surface area contributed by atoms with E-state index < -0.39 is 6.04 Å². The van der Waals surface area contributed by atoms with Crippen molar-refractivity contribution in [1.82, 2.24) is 10.2 Å². The Morgan fingerprint density at radius 3 is 2.33 bits per heavy atom.